The summed E-state index contributed by atoms with van der Waals surface area (Å²) in [6, 6.07) is 7.29. The number of thiophene rings is 1. The minimum atomic E-state index is -4.29. The third-order valence-electron chi connectivity index (χ3n) is 3.24. The monoisotopic (exact) mass is 315 g/mol. The van der Waals surface area contributed by atoms with Gasteiger partial charge in [0.05, 0.1) is 12.7 Å². The van der Waals surface area contributed by atoms with Gasteiger partial charge in [0.2, 0.25) is 0 Å². The van der Waals surface area contributed by atoms with Crippen LogP contribution in [0.3, 0.4) is 0 Å². The predicted octanol–water partition coefficient (Wildman–Crippen LogP) is 4.28. The maximum atomic E-state index is 12.5. The molecule has 21 heavy (non-hydrogen) atoms. The van der Waals surface area contributed by atoms with Crippen molar-refractivity contribution in [2.45, 2.75) is 18.6 Å². The van der Waals surface area contributed by atoms with Crippen molar-refractivity contribution in [3.63, 3.8) is 0 Å². The van der Waals surface area contributed by atoms with Crippen molar-refractivity contribution < 1.29 is 17.9 Å². The van der Waals surface area contributed by atoms with Gasteiger partial charge < -0.3 is 10.1 Å². The fraction of sp³-hybridized carbons (Fsp3) is 0.333. The van der Waals surface area contributed by atoms with Crippen LogP contribution in [-0.4, -0.2) is 14.2 Å². The summed E-state index contributed by atoms with van der Waals surface area (Å²) in [5, 5.41) is 5.09. The molecule has 0 saturated heterocycles. The average Bonchev–Trinajstić information content (AvgIpc) is 2.93. The number of nitrogens with one attached hydrogen (secondary N) is 1. The third-order valence-corrected chi connectivity index (χ3v) is 4.27. The Morgan fingerprint density at radius 3 is 2.38 bits per heavy atom. The van der Waals surface area contributed by atoms with E-state index in [2.05, 4.69) is 5.32 Å². The van der Waals surface area contributed by atoms with Gasteiger partial charge in [0, 0.05) is 16.3 Å². The van der Waals surface area contributed by atoms with E-state index in [4.69, 9.17) is 4.74 Å². The molecule has 0 aliphatic rings. The molecule has 0 fully saturated rings. The molecule has 0 aliphatic heterocycles. The van der Waals surface area contributed by atoms with Gasteiger partial charge in [0.25, 0.3) is 0 Å². The number of benzene rings is 1. The van der Waals surface area contributed by atoms with Crippen molar-refractivity contribution in [2.75, 3.05) is 14.2 Å². The number of halogens is 3. The average molecular weight is 315 g/mol. The normalized spacial score (nSPS) is 13.2. The number of rotatable bonds is 5. The van der Waals surface area contributed by atoms with Crippen molar-refractivity contribution in [1.29, 1.82) is 0 Å². The topological polar surface area (TPSA) is 21.3 Å². The van der Waals surface area contributed by atoms with E-state index in [0.717, 1.165) is 28.3 Å². The van der Waals surface area contributed by atoms with Crippen molar-refractivity contribution in [2.24, 2.45) is 0 Å². The summed E-state index contributed by atoms with van der Waals surface area (Å²) >= 11 is 1.57. The van der Waals surface area contributed by atoms with Crippen LogP contribution in [0.1, 0.15) is 22.0 Å². The Morgan fingerprint density at radius 2 is 1.90 bits per heavy atom. The Hall–Kier alpha value is -1.53. The molecule has 1 heterocycles. The summed E-state index contributed by atoms with van der Waals surface area (Å²) in [6.45, 7) is 0. The first kappa shape index (κ1) is 15.9. The molecule has 114 valence electrons. The van der Waals surface area contributed by atoms with Crippen LogP contribution in [0, 0.1) is 0 Å². The molecule has 2 rings (SSSR count). The summed E-state index contributed by atoms with van der Waals surface area (Å²) < 4.78 is 42.7. The SMILES string of the molecule is CNC(Cc1ccc(C(F)(F)F)cc1)c1cc(OC)cs1. The van der Waals surface area contributed by atoms with Crippen LogP contribution in [0.25, 0.3) is 0 Å². The highest BCUT2D eigenvalue weighted by atomic mass is 32.1. The van der Waals surface area contributed by atoms with Crippen LogP contribution in [0.2, 0.25) is 0 Å². The van der Waals surface area contributed by atoms with E-state index >= 15 is 0 Å². The van der Waals surface area contributed by atoms with Gasteiger partial charge in [-0.1, -0.05) is 12.1 Å². The van der Waals surface area contributed by atoms with Crippen LogP contribution in [0.5, 0.6) is 5.75 Å². The number of ether oxygens (including phenoxy) is 1. The number of hydrogen-bond donors (Lipinski definition) is 1. The summed E-state index contributed by atoms with van der Waals surface area (Å²) in [4.78, 5) is 1.09. The highest BCUT2D eigenvalue weighted by Crippen LogP contribution is 2.31. The molecule has 0 aliphatic carbocycles. The van der Waals surface area contributed by atoms with Crippen LogP contribution in [-0.2, 0) is 12.6 Å². The largest absolute Gasteiger partial charge is 0.496 e. The predicted molar refractivity (Wildman–Crippen MR) is 77.8 cm³/mol. The van der Waals surface area contributed by atoms with Gasteiger partial charge in [-0.05, 0) is 37.2 Å². The van der Waals surface area contributed by atoms with Crippen molar-refractivity contribution in [1.82, 2.24) is 5.32 Å². The van der Waals surface area contributed by atoms with Crippen molar-refractivity contribution >= 4 is 11.3 Å². The Bertz CT molecular complexity index is 577. The molecule has 1 N–H and O–H groups in total. The molecule has 1 atom stereocenters. The Morgan fingerprint density at radius 1 is 1.24 bits per heavy atom. The van der Waals surface area contributed by atoms with E-state index in [9.17, 15) is 13.2 Å². The number of methoxy groups -OCH3 is 1. The van der Waals surface area contributed by atoms with Crippen LogP contribution in [0.15, 0.2) is 35.7 Å². The summed E-state index contributed by atoms with van der Waals surface area (Å²) in [6.07, 6.45) is -3.67. The second-order valence-corrected chi connectivity index (χ2v) is 5.57. The van der Waals surface area contributed by atoms with Gasteiger partial charge in [-0.2, -0.15) is 13.2 Å². The van der Waals surface area contributed by atoms with Gasteiger partial charge >= 0.3 is 6.18 Å². The van der Waals surface area contributed by atoms with Gasteiger partial charge in [0.15, 0.2) is 0 Å². The zero-order valence-electron chi connectivity index (χ0n) is 11.7. The molecule has 0 spiro atoms. The Kier molecular flexibility index (Phi) is 4.90. The van der Waals surface area contributed by atoms with Gasteiger partial charge in [0.1, 0.15) is 5.75 Å². The van der Waals surface area contributed by atoms with E-state index in [-0.39, 0.29) is 6.04 Å². The lowest BCUT2D eigenvalue weighted by molar-refractivity contribution is -0.137. The molecular formula is C15H16F3NOS. The van der Waals surface area contributed by atoms with Gasteiger partial charge in [-0.15, -0.1) is 11.3 Å². The number of alkyl halides is 3. The molecule has 2 nitrogen and oxygen atoms in total. The minimum Gasteiger partial charge on any atom is -0.496 e. The number of likely N-dealkylation sites (N-methyl/N-ethyl adjacent to an activating group) is 1. The molecule has 1 unspecified atom stereocenters. The van der Waals surface area contributed by atoms with Crippen LogP contribution in [0.4, 0.5) is 13.2 Å². The first-order valence-corrected chi connectivity index (χ1v) is 7.28. The first-order valence-electron chi connectivity index (χ1n) is 6.40. The zero-order chi connectivity index (χ0) is 15.5. The lowest BCUT2D eigenvalue weighted by Crippen LogP contribution is -2.17. The second-order valence-electron chi connectivity index (χ2n) is 4.63. The Balaban J connectivity index is 2.11. The highest BCUT2D eigenvalue weighted by molar-refractivity contribution is 7.10. The lowest BCUT2D eigenvalue weighted by Gasteiger charge is -2.15. The first-order chi connectivity index (χ1) is 9.94. The fourth-order valence-electron chi connectivity index (χ4n) is 2.03. The van der Waals surface area contributed by atoms with Crippen molar-refractivity contribution in [3.8, 4) is 5.75 Å². The molecule has 2 aromatic rings. The van der Waals surface area contributed by atoms with Crippen LogP contribution >= 0.6 is 11.3 Å². The third kappa shape index (κ3) is 3.98. The van der Waals surface area contributed by atoms with E-state index in [1.54, 1.807) is 18.4 Å². The van der Waals surface area contributed by atoms with Crippen LogP contribution < -0.4 is 10.1 Å². The molecular weight excluding hydrogens is 299 g/mol. The Labute approximate surface area is 125 Å². The molecule has 0 bridgehead atoms. The molecule has 1 aromatic carbocycles. The lowest BCUT2D eigenvalue weighted by atomic mass is 10.0. The van der Waals surface area contributed by atoms with Crippen molar-refractivity contribution in [3.05, 3.63) is 51.7 Å². The summed E-state index contributed by atoms with van der Waals surface area (Å²) in [5.74, 6) is 0.794. The standard InChI is InChI=1S/C15H16F3NOS/c1-19-13(14-8-12(20-2)9-21-14)7-10-3-5-11(6-4-10)15(16,17)18/h3-6,8-9,13,19H,7H2,1-2H3. The maximum Gasteiger partial charge on any atom is 0.416 e. The summed E-state index contributed by atoms with van der Waals surface area (Å²) in [5.41, 5.74) is 0.236. The van der Waals surface area contributed by atoms with E-state index in [1.165, 1.54) is 12.1 Å². The second kappa shape index (κ2) is 6.49. The fourth-order valence-corrected chi connectivity index (χ4v) is 3.00. The van der Waals surface area contributed by atoms with E-state index in [1.807, 2.05) is 18.5 Å². The molecule has 1 aromatic heterocycles. The van der Waals surface area contributed by atoms with E-state index in [0.29, 0.717) is 6.42 Å². The zero-order valence-corrected chi connectivity index (χ0v) is 12.5. The maximum absolute atomic E-state index is 12.5. The molecule has 0 saturated carbocycles. The van der Waals surface area contributed by atoms with Gasteiger partial charge in [-0.25, -0.2) is 0 Å². The van der Waals surface area contributed by atoms with Gasteiger partial charge in [-0.3, -0.25) is 0 Å². The number of hydrogen-bond acceptors (Lipinski definition) is 3. The smallest absolute Gasteiger partial charge is 0.416 e. The van der Waals surface area contributed by atoms with E-state index < -0.39 is 11.7 Å². The summed E-state index contributed by atoms with van der Waals surface area (Å²) in [7, 11) is 3.44. The molecule has 0 radical (unpaired) electrons. The quantitative estimate of drug-likeness (QED) is 0.889. The molecule has 6 heteroatoms. The highest BCUT2D eigenvalue weighted by Gasteiger charge is 2.30. The minimum absolute atomic E-state index is 0.0515. The molecule has 0 amide bonds.